The summed E-state index contributed by atoms with van der Waals surface area (Å²) in [6, 6.07) is 11.7. The van der Waals surface area contributed by atoms with Gasteiger partial charge in [0.1, 0.15) is 5.82 Å². The Bertz CT molecular complexity index is 900. The van der Waals surface area contributed by atoms with Crippen LogP contribution >= 0.6 is 24.0 Å². The number of aliphatic imine (C=N–C) groups is 1. The largest absolute Gasteiger partial charge is 0.357 e. The van der Waals surface area contributed by atoms with Gasteiger partial charge in [0.05, 0.1) is 11.4 Å². The molecular weight excluding hydrogens is 492 g/mol. The van der Waals surface area contributed by atoms with E-state index in [4.69, 9.17) is 0 Å². The molecule has 28 heavy (non-hydrogen) atoms. The molecule has 5 nitrogen and oxygen atoms in total. The van der Waals surface area contributed by atoms with Gasteiger partial charge in [-0.05, 0) is 55.2 Å². The first-order valence-electron chi connectivity index (χ1n) is 8.86. The number of aryl methyl sites for hydroxylation is 1. The monoisotopic (exact) mass is 519 g/mol. The first-order chi connectivity index (χ1) is 12.8. The van der Waals surface area contributed by atoms with E-state index in [2.05, 4.69) is 15.6 Å². The first kappa shape index (κ1) is 24.4. The number of rotatable bonds is 7. The van der Waals surface area contributed by atoms with E-state index in [1.165, 1.54) is 18.4 Å². The van der Waals surface area contributed by atoms with E-state index < -0.39 is 9.84 Å². The summed E-state index contributed by atoms with van der Waals surface area (Å²) < 4.78 is 36.3. The molecule has 2 N–H and O–H groups in total. The van der Waals surface area contributed by atoms with E-state index >= 15 is 0 Å². The number of hydrogen-bond donors (Lipinski definition) is 2. The molecular formula is C20H27FIN3O2S. The highest BCUT2D eigenvalue weighted by molar-refractivity contribution is 14.0. The molecule has 154 valence electrons. The molecule has 0 aliphatic heterocycles. The minimum Gasteiger partial charge on any atom is -0.357 e. The van der Waals surface area contributed by atoms with Crippen molar-refractivity contribution < 1.29 is 12.8 Å². The molecule has 0 atom stereocenters. The fraction of sp³-hybridized carbons (Fsp3) is 0.350. The fourth-order valence-electron chi connectivity index (χ4n) is 2.71. The Labute approximate surface area is 183 Å². The third-order valence-corrected chi connectivity index (χ3v) is 5.28. The lowest BCUT2D eigenvalue weighted by Gasteiger charge is -2.12. The predicted molar refractivity (Wildman–Crippen MR) is 123 cm³/mol. The molecule has 0 unspecified atom stereocenters. The molecule has 0 radical (unpaired) electrons. The van der Waals surface area contributed by atoms with Crippen molar-refractivity contribution in [2.24, 2.45) is 4.99 Å². The smallest absolute Gasteiger partial charge is 0.191 e. The Morgan fingerprint density at radius 3 is 2.29 bits per heavy atom. The Balaban J connectivity index is 0.00000392. The minimum atomic E-state index is -3.22. The Hall–Kier alpha value is -1.68. The molecule has 0 aliphatic carbocycles. The van der Waals surface area contributed by atoms with Crippen LogP contribution in [0.1, 0.15) is 23.6 Å². The summed E-state index contributed by atoms with van der Waals surface area (Å²) in [5.41, 5.74) is 2.71. The van der Waals surface area contributed by atoms with Gasteiger partial charge in [0.2, 0.25) is 0 Å². The van der Waals surface area contributed by atoms with Crippen LogP contribution in [0, 0.1) is 12.7 Å². The van der Waals surface area contributed by atoms with Crippen molar-refractivity contribution in [3.8, 4) is 0 Å². The lowest BCUT2D eigenvalue weighted by Crippen LogP contribution is -2.38. The molecule has 2 aromatic carbocycles. The summed E-state index contributed by atoms with van der Waals surface area (Å²) >= 11 is 0. The van der Waals surface area contributed by atoms with Crippen LogP contribution in [0.4, 0.5) is 4.39 Å². The van der Waals surface area contributed by atoms with Crippen LogP contribution in [-0.2, 0) is 22.8 Å². The summed E-state index contributed by atoms with van der Waals surface area (Å²) in [6.07, 6.45) is 1.97. The Morgan fingerprint density at radius 1 is 1.07 bits per heavy atom. The van der Waals surface area contributed by atoms with Gasteiger partial charge in [-0.25, -0.2) is 17.8 Å². The highest BCUT2D eigenvalue weighted by Gasteiger charge is 2.10. The number of sulfone groups is 1. The number of nitrogens with zero attached hydrogens (tertiary/aromatic N) is 1. The van der Waals surface area contributed by atoms with Crippen LogP contribution in [0.2, 0.25) is 0 Å². The van der Waals surface area contributed by atoms with Crippen molar-refractivity contribution in [1.29, 1.82) is 0 Å². The zero-order valence-electron chi connectivity index (χ0n) is 16.3. The second-order valence-corrected chi connectivity index (χ2v) is 8.35. The molecule has 0 saturated carbocycles. The zero-order chi connectivity index (χ0) is 19.9. The SMILES string of the molecule is CCNC(=NCc1ccc(S(C)(=O)=O)c(C)c1)NCCc1ccc(F)cc1.I. The molecule has 0 aromatic heterocycles. The van der Waals surface area contributed by atoms with Crippen LogP contribution in [0.5, 0.6) is 0 Å². The molecule has 0 fully saturated rings. The average Bonchev–Trinajstić information content (AvgIpc) is 2.60. The first-order valence-corrected chi connectivity index (χ1v) is 10.7. The van der Waals surface area contributed by atoms with Crippen molar-refractivity contribution >= 4 is 39.8 Å². The molecule has 0 bridgehead atoms. The minimum absolute atomic E-state index is 0. The summed E-state index contributed by atoms with van der Waals surface area (Å²) in [7, 11) is -3.22. The van der Waals surface area contributed by atoms with Crippen LogP contribution in [0.15, 0.2) is 52.4 Å². The van der Waals surface area contributed by atoms with Crippen LogP contribution in [0.25, 0.3) is 0 Å². The van der Waals surface area contributed by atoms with E-state index in [-0.39, 0.29) is 29.8 Å². The van der Waals surface area contributed by atoms with Gasteiger partial charge in [-0.1, -0.05) is 24.3 Å². The summed E-state index contributed by atoms with van der Waals surface area (Å²) in [5.74, 6) is 0.447. The van der Waals surface area contributed by atoms with Crippen molar-refractivity contribution in [3.63, 3.8) is 0 Å². The lowest BCUT2D eigenvalue weighted by molar-refractivity contribution is 0.601. The molecule has 0 amide bonds. The van der Waals surface area contributed by atoms with Gasteiger partial charge in [-0.15, -0.1) is 24.0 Å². The average molecular weight is 519 g/mol. The van der Waals surface area contributed by atoms with E-state index in [0.717, 1.165) is 29.7 Å². The van der Waals surface area contributed by atoms with Crippen molar-refractivity contribution in [2.75, 3.05) is 19.3 Å². The third-order valence-electron chi connectivity index (χ3n) is 4.02. The summed E-state index contributed by atoms with van der Waals surface area (Å²) in [5, 5.41) is 6.44. The number of guanidine groups is 1. The second-order valence-electron chi connectivity index (χ2n) is 6.37. The lowest BCUT2D eigenvalue weighted by atomic mass is 10.1. The highest BCUT2D eigenvalue weighted by Crippen LogP contribution is 2.17. The zero-order valence-corrected chi connectivity index (χ0v) is 19.5. The maximum absolute atomic E-state index is 12.9. The summed E-state index contributed by atoms with van der Waals surface area (Å²) in [6.45, 7) is 5.62. The van der Waals surface area contributed by atoms with Gasteiger partial charge < -0.3 is 10.6 Å². The van der Waals surface area contributed by atoms with Gasteiger partial charge in [-0.2, -0.15) is 0 Å². The van der Waals surface area contributed by atoms with Gasteiger partial charge in [0, 0.05) is 19.3 Å². The predicted octanol–water partition coefficient (Wildman–Crippen LogP) is 3.45. The topological polar surface area (TPSA) is 70.6 Å². The quantitative estimate of drug-likeness (QED) is 0.334. The van der Waals surface area contributed by atoms with Gasteiger partial charge in [0.25, 0.3) is 0 Å². The van der Waals surface area contributed by atoms with E-state index in [9.17, 15) is 12.8 Å². The fourth-order valence-corrected chi connectivity index (χ4v) is 3.67. The number of halogens is 2. The molecule has 2 aromatic rings. The van der Waals surface area contributed by atoms with Gasteiger partial charge in [0.15, 0.2) is 15.8 Å². The van der Waals surface area contributed by atoms with Gasteiger partial charge >= 0.3 is 0 Å². The Kier molecular flexibility index (Phi) is 9.88. The highest BCUT2D eigenvalue weighted by atomic mass is 127. The molecule has 0 aliphatic rings. The second kappa shape index (κ2) is 11.4. The number of nitrogens with one attached hydrogen (secondary N) is 2. The van der Waals surface area contributed by atoms with Crippen LogP contribution in [0.3, 0.4) is 0 Å². The van der Waals surface area contributed by atoms with Crippen molar-refractivity contribution in [2.45, 2.75) is 31.7 Å². The molecule has 0 spiro atoms. The number of benzene rings is 2. The van der Waals surface area contributed by atoms with E-state index in [1.54, 1.807) is 31.2 Å². The van der Waals surface area contributed by atoms with E-state index in [0.29, 0.717) is 23.9 Å². The molecule has 0 saturated heterocycles. The normalized spacial score (nSPS) is 11.6. The summed E-state index contributed by atoms with van der Waals surface area (Å²) in [4.78, 5) is 4.89. The number of hydrogen-bond acceptors (Lipinski definition) is 3. The van der Waals surface area contributed by atoms with Crippen molar-refractivity contribution in [3.05, 3.63) is 65.0 Å². The molecule has 0 heterocycles. The van der Waals surface area contributed by atoms with Crippen molar-refractivity contribution in [1.82, 2.24) is 10.6 Å². The molecule has 2 rings (SSSR count). The standard InChI is InChI=1S/C20H26FN3O2S.HI/c1-4-22-20(23-12-11-16-5-8-18(21)9-6-16)24-14-17-7-10-19(15(2)13-17)27(3,25)26;/h5-10,13H,4,11-12,14H2,1-3H3,(H2,22,23,24);1H. The van der Waals surface area contributed by atoms with Crippen LogP contribution in [-0.4, -0.2) is 33.7 Å². The van der Waals surface area contributed by atoms with Gasteiger partial charge in [-0.3, -0.25) is 0 Å². The Morgan fingerprint density at radius 2 is 1.71 bits per heavy atom. The molecule has 8 heteroatoms. The maximum Gasteiger partial charge on any atom is 0.191 e. The maximum atomic E-state index is 12.9. The third kappa shape index (κ3) is 7.75. The van der Waals surface area contributed by atoms with E-state index in [1.807, 2.05) is 13.0 Å². The van der Waals surface area contributed by atoms with Crippen LogP contribution < -0.4 is 10.6 Å².